The molecule has 1 heterocycles. The first-order chi connectivity index (χ1) is 10.7. The summed E-state index contributed by atoms with van der Waals surface area (Å²) in [4.78, 5) is 15.9. The van der Waals surface area contributed by atoms with E-state index < -0.39 is 0 Å². The van der Waals surface area contributed by atoms with Gasteiger partial charge >= 0.3 is 5.97 Å². The van der Waals surface area contributed by atoms with Crippen molar-refractivity contribution in [2.24, 2.45) is 5.41 Å². The predicted molar refractivity (Wildman–Crippen MR) is 83.7 cm³/mol. The Hall–Kier alpha value is -1.62. The first-order valence-corrected chi connectivity index (χ1v) is 8.09. The van der Waals surface area contributed by atoms with Crippen LogP contribution in [0.3, 0.4) is 0 Å². The average molecular weight is 304 g/mol. The number of ether oxygens (including phenoxy) is 2. The molecule has 0 radical (unpaired) electrons. The van der Waals surface area contributed by atoms with Gasteiger partial charge in [0.2, 0.25) is 0 Å². The molecule has 0 amide bonds. The maximum atomic E-state index is 11.4. The maximum Gasteiger partial charge on any atom is 0.311 e. The van der Waals surface area contributed by atoms with Crippen molar-refractivity contribution in [3.05, 3.63) is 23.9 Å². The number of pyridine rings is 1. The molecule has 2 fully saturated rings. The highest BCUT2D eigenvalue weighted by Gasteiger charge is 2.58. The van der Waals surface area contributed by atoms with Crippen LogP contribution in [0.5, 0.6) is 0 Å². The lowest BCUT2D eigenvalue weighted by Crippen LogP contribution is -2.64. The number of nitrogens with zero attached hydrogens (tertiary/aromatic N) is 1. The summed E-state index contributed by atoms with van der Waals surface area (Å²) in [5.74, 6) is 0.577. The van der Waals surface area contributed by atoms with Crippen LogP contribution in [-0.2, 0) is 20.7 Å². The highest BCUT2D eigenvalue weighted by molar-refractivity contribution is 5.71. The Morgan fingerprint density at radius 2 is 2.27 bits per heavy atom. The summed E-state index contributed by atoms with van der Waals surface area (Å²) >= 11 is 0. The van der Waals surface area contributed by atoms with Crippen molar-refractivity contribution in [1.29, 1.82) is 0 Å². The summed E-state index contributed by atoms with van der Waals surface area (Å²) < 4.78 is 10.6. The molecule has 1 aromatic heterocycles. The zero-order chi connectivity index (χ0) is 15.6. The minimum atomic E-state index is -0.264. The number of esters is 1. The third kappa shape index (κ3) is 2.70. The second-order valence-corrected chi connectivity index (χ2v) is 6.23. The second-order valence-electron chi connectivity index (χ2n) is 6.23. The summed E-state index contributed by atoms with van der Waals surface area (Å²) in [6, 6.07) is 6.17. The smallest absolute Gasteiger partial charge is 0.311 e. The van der Waals surface area contributed by atoms with Crippen LogP contribution in [0.1, 0.15) is 38.3 Å². The molecule has 0 aromatic carbocycles. The van der Waals surface area contributed by atoms with E-state index in [1.54, 1.807) is 0 Å². The standard InChI is InChI=1S/C17H24N2O3/c1-3-22-14-11-13(17(14)8-5-9-17)19-15-7-4-6-12(18-15)10-16(20)21-2/h4,6-7,13-14H,3,5,8-11H2,1-2H3,(H,18,19)/t13-,14+/m1/s1. The van der Waals surface area contributed by atoms with E-state index in [4.69, 9.17) is 9.47 Å². The lowest BCUT2D eigenvalue weighted by molar-refractivity contribution is -0.157. The summed E-state index contributed by atoms with van der Waals surface area (Å²) in [7, 11) is 1.40. The largest absolute Gasteiger partial charge is 0.469 e. The molecule has 120 valence electrons. The van der Waals surface area contributed by atoms with Crippen molar-refractivity contribution in [2.75, 3.05) is 19.0 Å². The number of hydrogen-bond donors (Lipinski definition) is 1. The van der Waals surface area contributed by atoms with E-state index in [-0.39, 0.29) is 12.4 Å². The molecule has 1 spiro atoms. The highest BCUT2D eigenvalue weighted by Crippen LogP contribution is 2.58. The average Bonchev–Trinajstić information content (AvgIpc) is 2.44. The van der Waals surface area contributed by atoms with Gasteiger partial charge in [0.05, 0.1) is 25.3 Å². The van der Waals surface area contributed by atoms with Gasteiger partial charge in [0, 0.05) is 18.1 Å². The Morgan fingerprint density at radius 3 is 2.91 bits per heavy atom. The van der Waals surface area contributed by atoms with Gasteiger partial charge in [-0.05, 0) is 38.3 Å². The van der Waals surface area contributed by atoms with Gasteiger partial charge < -0.3 is 14.8 Å². The van der Waals surface area contributed by atoms with Crippen LogP contribution in [0, 0.1) is 5.41 Å². The van der Waals surface area contributed by atoms with E-state index in [9.17, 15) is 4.79 Å². The molecule has 0 unspecified atom stereocenters. The van der Waals surface area contributed by atoms with Gasteiger partial charge in [-0.3, -0.25) is 4.79 Å². The molecule has 22 heavy (non-hydrogen) atoms. The molecule has 0 aliphatic heterocycles. The number of hydrogen-bond acceptors (Lipinski definition) is 5. The monoisotopic (exact) mass is 304 g/mol. The van der Waals surface area contributed by atoms with Crippen LogP contribution in [0.4, 0.5) is 5.82 Å². The topological polar surface area (TPSA) is 60.5 Å². The van der Waals surface area contributed by atoms with Crippen molar-refractivity contribution in [3.63, 3.8) is 0 Å². The fraction of sp³-hybridized carbons (Fsp3) is 0.647. The van der Waals surface area contributed by atoms with Crippen LogP contribution in [0.25, 0.3) is 0 Å². The maximum absolute atomic E-state index is 11.4. The minimum absolute atomic E-state index is 0.212. The molecule has 0 bridgehead atoms. The lowest BCUT2D eigenvalue weighted by atomic mass is 9.51. The van der Waals surface area contributed by atoms with E-state index in [0.29, 0.717) is 17.6 Å². The lowest BCUT2D eigenvalue weighted by Gasteiger charge is -2.61. The van der Waals surface area contributed by atoms with Gasteiger partial charge in [0.1, 0.15) is 5.82 Å². The van der Waals surface area contributed by atoms with Gasteiger partial charge in [-0.15, -0.1) is 0 Å². The Labute approximate surface area is 131 Å². The van der Waals surface area contributed by atoms with Crippen molar-refractivity contribution in [3.8, 4) is 0 Å². The number of carbonyl (C=O) groups excluding carboxylic acids is 1. The predicted octanol–water partition coefficient (Wildman–Crippen LogP) is 2.56. The Balaban J connectivity index is 1.64. The Morgan fingerprint density at radius 1 is 1.45 bits per heavy atom. The van der Waals surface area contributed by atoms with Crippen molar-refractivity contribution >= 4 is 11.8 Å². The van der Waals surface area contributed by atoms with Crippen molar-refractivity contribution in [2.45, 2.75) is 51.2 Å². The Kier molecular flexibility index (Phi) is 4.34. The van der Waals surface area contributed by atoms with Crippen LogP contribution >= 0.6 is 0 Å². The van der Waals surface area contributed by atoms with Crippen LogP contribution < -0.4 is 5.32 Å². The molecule has 5 heteroatoms. The molecule has 2 saturated carbocycles. The molecular weight excluding hydrogens is 280 g/mol. The quantitative estimate of drug-likeness (QED) is 0.818. The first-order valence-electron chi connectivity index (χ1n) is 8.09. The molecule has 3 rings (SSSR count). The van der Waals surface area contributed by atoms with E-state index in [2.05, 4.69) is 17.2 Å². The number of rotatable bonds is 6. The van der Waals surface area contributed by atoms with Crippen molar-refractivity contribution in [1.82, 2.24) is 4.98 Å². The molecule has 5 nitrogen and oxygen atoms in total. The fourth-order valence-electron chi connectivity index (χ4n) is 3.70. The third-order valence-corrected chi connectivity index (χ3v) is 5.12. The second kappa shape index (κ2) is 6.24. The minimum Gasteiger partial charge on any atom is -0.469 e. The molecule has 1 aromatic rings. The van der Waals surface area contributed by atoms with E-state index in [0.717, 1.165) is 24.5 Å². The number of carbonyl (C=O) groups is 1. The third-order valence-electron chi connectivity index (χ3n) is 5.12. The molecule has 1 N–H and O–H groups in total. The van der Waals surface area contributed by atoms with Gasteiger partial charge in [0.15, 0.2) is 0 Å². The summed E-state index contributed by atoms with van der Waals surface area (Å²) in [6.45, 7) is 2.84. The zero-order valence-electron chi connectivity index (χ0n) is 13.3. The van der Waals surface area contributed by atoms with E-state index in [1.807, 2.05) is 18.2 Å². The summed E-state index contributed by atoms with van der Waals surface area (Å²) in [5, 5.41) is 3.55. The number of aromatic nitrogens is 1. The number of anilines is 1. The van der Waals surface area contributed by atoms with Gasteiger partial charge in [-0.1, -0.05) is 12.5 Å². The number of nitrogens with one attached hydrogen (secondary N) is 1. The molecule has 2 atom stereocenters. The molecular formula is C17H24N2O3. The van der Waals surface area contributed by atoms with Crippen LogP contribution in [-0.4, -0.2) is 36.8 Å². The summed E-state index contributed by atoms with van der Waals surface area (Å²) in [6.07, 6.45) is 5.40. The fourth-order valence-corrected chi connectivity index (χ4v) is 3.70. The van der Waals surface area contributed by atoms with Gasteiger partial charge in [-0.25, -0.2) is 4.98 Å². The molecule has 2 aliphatic rings. The zero-order valence-corrected chi connectivity index (χ0v) is 13.3. The summed E-state index contributed by atoms with van der Waals surface area (Å²) in [5.41, 5.74) is 1.04. The highest BCUT2D eigenvalue weighted by atomic mass is 16.5. The van der Waals surface area contributed by atoms with E-state index >= 15 is 0 Å². The van der Waals surface area contributed by atoms with Gasteiger partial charge in [0.25, 0.3) is 0 Å². The van der Waals surface area contributed by atoms with Gasteiger partial charge in [-0.2, -0.15) is 0 Å². The SMILES string of the molecule is CCO[C@H]1C[C@@H](Nc2cccc(CC(=O)OC)n2)C12CCC2. The van der Waals surface area contributed by atoms with E-state index in [1.165, 1.54) is 26.4 Å². The number of methoxy groups -OCH3 is 1. The van der Waals surface area contributed by atoms with Crippen molar-refractivity contribution < 1.29 is 14.3 Å². The Bertz CT molecular complexity index is 542. The van der Waals surface area contributed by atoms with Crippen LogP contribution in [0.15, 0.2) is 18.2 Å². The van der Waals surface area contributed by atoms with Crippen LogP contribution in [0.2, 0.25) is 0 Å². The normalized spacial score (nSPS) is 25.2. The molecule has 0 saturated heterocycles. The first kappa shape index (κ1) is 15.3. The molecule has 2 aliphatic carbocycles.